The number of allylic oxidation sites excluding steroid dienone is 2. The van der Waals surface area contributed by atoms with Gasteiger partial charge in [0.2, 0.25) is 0 Å². The van der Waals surface area contributed by atoms with E-state index >= 15 is 0 Å². The van der Waals surface area contributed by atoms with Crippen LogP contribution in [0.5, 0.6) is 0 Å². The second-order valence-corrected chi connectivity index (χ2v) is 7.20. The lowest BCUT2D eigenvalue weighted by atomic mass is 9.90. The summed E-state index contributed by atoms with van der Waals surface area (Å²) in [6.45, 7) is 4.56. The maximum absolute atomic E-state index is 3.47. The van der Waals surface area contributed by atoms with E-state index in [1.165, 1.54) is 31.3 Å². The Morgan fingerprint density at radius 2 is 1.86 bits per heavy atom. The number of hydrogen-bond donors (Lipinski definition) is 1. The predicted molar refractivity (Wildman–Crippen MR) is 97.6 cm³/mol. The predicted octanol–water partition coefficient (Wildman–Crippen LogP) is 5.89. The standard InChI is InChI=1S/C20H19NS/c1-13(2)15-12-20-17(14-7-3-4-9-19(14)22-20)11-16(15)18-8-5-6-10-21-18/h3-13,18,21H,1-2H3. The van der Waals surface area contributed by atoms with E-state index in [4.69, 9.17) is 0 Å². The summed E-state index contributed by atoms with van der Waals surface area (Å²) in [4.78, 5) is 0. The third kappa shape index (κ3) is 2.15. The van der Waals surface area contributed by atoms with Gasteiger partial charge in [0.05, 0.1) is 6.04 Å². The zero-order valence-electron chi connectivity index (χ0n) is 12.8. The van der Waals surface area contributed by atoms with Gasteiger partial charge in [0.25, 0.3) is 0 Å². The Bertz CT molecular complexity index is 899. The Labute approximate surface area is 135 Å². The van der Waals surface area contributed by atoms with Gasteiger partial charge in [-0.15, -0.1) is 11.3 Å². The number of dihydropyridines is 1. The van der Waals surface area contributed by atoms with Crippen LogP contribution in [0.4, 0.5) is 0 Å². The quantitative estimate of drug-likeness (QED) is 0.622. The van der Waals surface area contributed by atoms with Gasteiger partial charge in [-0.25, -0.2) is 0 Å². The lowest BCUT2D eigenvalue weighted by Gasteiger charge is -2.22. The van der Waals surface area contributed by atoms with Crippen molar-refractivity contribution in [1.29, 1.82) is 0 Å². The molecule has 2 aromatic carbocycles. The first-order valence-corrected chi connectivity index (χ1v) is 8.60. The van der Waals surface area contributed by atoms with Crippen molar-refractivity contribution in [2.24, 2.45) is 0 Å². The fourth-order valence-corrected chi connectivity index (χ4v) is 4.35. The molecule has 1 aromatic heterocycles. The summed E-state index contributed by atoms with van der Waals surface area (Å²) >= 11 is 1.90. The molecule has 4 rings (SSSR count). The van der Waals surface area contributed by atoms with Crippen molar-refractivity contribution in [3.05, 3.63) is 72.0 Å². The van der Waals surface area contributed by atoms with Crippen molar-refractivity contribution >= 4 is 31.5 Å². The second-order valence-electron chi connectivity index (χ2n) is 6.12. The summed E-state index contributed by atoms with van der Waals surface area (Å²) in [6, 6.07) is 13.8. The summed E-state index contributed by atoms with van der Waals surface area (Å²) in [7, 11) is 0. The lowest BCUT2D eigenvalue weighted by Crippen LogP contribution is -2.17. The molecule has 1 aliphatic heterocycles. The Hall–Kier alpha value is -2.06. The summed E-state index contributed by atoms with van der Waals surface area (Å²) in [5.41, 5.74) is 2.84. The van der Waals surface area contributed by atoms with Gasteiger partial charge in [0.1, 0.15) is 0 Å². The topological polar surface area (TPSA) is 12.0 Å². The SMILES string of the molecule is CC(C)c1cc2sc3ccccc3c2cc1C1C=CC=CN1. The van der Waals surface area contributed by atoms with Gasteiger partial charge in [-0.2, -0.15) is 0 Å². The highest BCUT2D eigenvalue weighted by atomic mass is 32.1. The third-order valence-electron chi connectivity index (χ3n) is 4.33. The van der Waals surface area contributed by atoms with Crippen LogP contribution in [0.15, 0.2) is 60.8 Å². The second kappa shape index (κ2) is 5.29. The van der Waals surface area contributed by atoms with Gasteiger partial charge in [0.15, 0.2) is 0 Å². The van der Waals surface area contributed by atoms with Crippen LogP contribution in [-0.4, -0.2) is 0 Å². The minimum Gasteiger partial charge on any atom is -0.381 e. The molecule has 0 saturated carbocycles. The molecule has 2 heterocycles. The van der Waals surface area contributed by atoms with E-state index in [-0.39, 0.29) is 6.04 Å². The average Bonchev–Trinajstić information content (AvgIpc) is 2.92. The molecule has 22 heavy (non-hydrogen) atoms. The van der Waals surface area contributed by atoms with Crippen LogP contribution < -0.4 is 5.32 Å². The lowest BCUT2D eigenvalue weighted by molar-refractivity contribution is 0.721. The molecule has 0 amide bonds. The summed E-state index contributed by atoms with van der Waals surface area (Å²) in [6.07, 6.45) is 8.44. The molecule has 0 radical (unpaired) electrons. The van der Waals surface area contributed by atoms with E-state index in [2.05, 4.69) is 67.7 Å². The molecule has 110 valence electrons. The van der Waals surface area contributed by atoms with Gasteiger partial charge in [-0.1, -0.05) is 44.2 Å². The van der Waals surface area contributed by atoms with Gasteiger partial charge in [-0.3, -0.25) is 0 Å². The Morgan fingerprint density at radius 3 is 2.64 bits per heavy atom. The first kappa shape index (κ1) is 13.6. The van der Waals surface area contributed by atoms with E-state index in [1.807, 2.05) is 23.6 Å². The molecule has 1 unspecified atom stereocenters. The fraction of sp³-hybridized carbons (Fsp3) is 0.200. The van der Waals surface area contributed by atoms with Crippen LogP contribution in [0, 0.1) is 0 Å². The van der Waals surface area contributed by atoms with Crippen LogP contribution in [0.2, 0.25) is 0 Å². The van der Waals surface area contributed by atoms with Crippen LogP contribution in [-0.2, 0) is 0 Å². The van der Waals surface area contributed by atoms with Crippen LogP contribution in [0.3, 0.4) is 0 Å². The number of rotatable bonds is 2. The van der Waals surface area contributed by atoms with Crippen LogP contribution in [0.25, 0.3) is 20.2 Å². The number of benzene rings is 2. The fourth-order valence-electron chi connectivity index (χ4n) is 3.21. The maximum Gasteiger partial charge on any atom is 0.0698 e. The van der Waals surface area contributed by atoms with Gasteiger partial charge >= 0.3 is 0 Å². The van der Waals surface area contributed by atoms with Gasteiger partial charge in [-0.05, 0) is 47.5 Å². The highest BCUT2D eigenvalue weighted by Gasteiger charge is 2.17. The van der Waals surface area contributed by atoms with Crippen molar-refractivity contribution in [2.45, 2.75) is 25.8 Å². The molecule has 1 aliphatic rings. The molecule has 0 bridgehead atoms. The first-order chi connectivity index (χ1) is 10.7. The monoisotopic (exact) mass is 305 g/mol. The number of fused-ring (bicyclic) bond motifs is 3. The van der Waals surface area contributed by atoms with Crippen LogP contribution in [0.1, 0.15) is 36.9 Å². The van der Waals surface area contributed by atoms with Crippen molar-refractivity contribution in [1.82, 2.24) is 5.32 Å². The largest absolute Gasteiger partial charge is 0.381 e. The molecule has 2 heteroatoms. The normalized spacial score (nSPS) is 17.5. The van der Waals surface area contributed by atoms with Crippen LogP contribution >= 0.6 is 11.3 Å². The maximum atomic E-state index is 3.47. The molecule has 0 saturated heterocycles. The average molecular weight is 305 g/mol. The molecular formula is C20H19NS. The summed E-state index contributed by atoms with van der Waals surface area (Å²) in [5.74, 6) is 0.519. The van der Waals surface area contributed by atoms with E-state index in [0.717, 1.165) is 0 Å². The number of nitrogens with one attached hydrogen (secondary N) is 1. The highest BCUT2D eigenvalue weighted by Crippen LogP contribution is 2.39. The minimum absolute atomic E-state index is 0.269. The van der Waals surface area contributed by atoms with Gasteiger partial charge in [0, 0.05) is 20.2 Å². The van der Waals surface area contributed by atoms with Crippen molar-refractivity contribution in [2.75, 3.05) is 0 Å². The van der Waals surface area contributed by atoms with E-state index in [1.54, 1.807) is 0 Å². The highest BCUT2D eigenvalue weighted by molar-refractivity contribution is 7.25. The Balaban J connectivity index is 2.00. The van der Waals surface area contributed by atoms with Crippen molar-refractivity contribution in [3.63, 3.8) is 0 Å². The van der Waals surface area contributed by atoms with E-state index < -0.39 is 0 Å². The van der Waals surface area contributed by atoms with Crippen molar-refractivity contribution < 1.29 is 0 Å². The number of thiophene rings is 1. The zero-order valence-corrected chi connectivity index (χ0v) is 13.7. The zero-order chi connectivity index (χ0) is 15.1. The van der Waals surface area contributed by atoms with E-state index in [0.29, 0.717) is 5.92 Å². The molecule has 0 spiro atoms. The Kier molecular flexibility index (Phi) is 3.27. The molecule has 0 fully saturated rings. The van der Waals surface area contributed by atoms with Gasteiger partial charge < -0.3 is 5.32 Å². The molecule has 1 nitrogen and oxygen atoms in total. The summed E-state index contributed by atoms with van der Waals surface area (Å²) in [5, 5.41) is 6.22. The van der Waals surface area contributed by atoms with E-state index in [9.17, 15) is 0 Å². The smallest absolute Gasteiger partial charge is 0.0698 e. The first-order valence-electron chi connectivity index (χ1n) is 7.78. The Morgan fingerprint density at radius 1 is 1.00 bits per heavy atom. The molecule has 0 aliphatic carbocycles. The number of hydrogen-bond acceptors (Lipinski definition) is 2. The third-order valence-corrected chi connectivity index (χ3v) is 5.46. The molecular weight excluding hydrogens is 286 g/mol. The van der Waals surface area contributed by atoms with Crippen molar-refractivity contribution in [3.8, 4) is 0 Å². The molecule has 1 N–H and O–H groups in total. The minimum atomic E-state index is 0.269. The summed E-state index contributed by atoms with van der Waals surface area (Å²) < 4.78 is 2.76. The molecule has 1 atom stereocenters. The molecule has 3 aromatic rings.